The van der Waals surface area contributed by atoms with E-state index in [0.29, 0.717) is 29.7 Å². The molecule has 0 aliphatic heterocycles. The molecular formula is C21H22F3NO4. The number of amides is 1. The van der Waals surface area contributed by atoms with Gasteiger partial charge in [0.15, 0.2) is 0 Å². The van der Waals surface area contributed by atoms with Crippen molar-refractivity contribution in [1.29, 1.82) is 0 Å². The van der Waals surface area contributed by atoms with Gasteiger partial charge in [-0.15, -0.1) is 0 Å². The van der Waals surface area contributed by atoms with Gasteiger partial charge in [0.25, 0.3) is 5.91 Å². The zero-order chi connectivity index (χ0) is 21.4. The van der Waals surface area contributed by atoms with Gasteiger partial charge in [0.2, 0.25) is 0 Å². The fraction of sp³-hybridized carbons (Fsp3) is 0.333. The van der Waals surface area contributed by atoms with Crippen molar-refractivity contribution < 1.29 is 32.2 Å². The quantitative estimate of drug-likeness (QED) is 0.666. The van der Waals surface area contributed by atoms with Crippen LogP contribution in [0.3, 0.4) is 0 Å². The predicted molar refractivity (Wildman–Crippen MR) is 101 cm³/mol. The van der Waals surface area contributed by atoms with E-state index in [1.807, 2.05) is 6.07 Å². The average molecular weight is 409 g/mol. The molecule has 8 heteroatoms. The number of aryl methyl sites for hydroxylation is 1. The molecule has 0 aromatic heterocycles. The Balaban J connectivity index is 2.03. The lowest BCUT2D eigenvalue weighted by atomic mass is 10.0. The fourth-order valence-corrected chi connectivity index (χ4v) is 2.72. The van der Waals surface area contributed by atoms with Crippen LogP contribution in [0.25, 0.3) is 0 Å². The lowest BCUT2D eigenvalue weighted by molar-refractivity contribution is -0.140. The second-order valence-corrected chi connectivity index (χ2v) is 6.34. The molecule has 0 aliphatic carbocycles. The van der Waals surface area contributed by atoms with Gasteiger partial charge in [0, 0.05) is 13.0 Å². The van der Waals surface area contributed by atoms with Crippen molar-refractivity contribution in [3.63, 3.8) is 0 Å². The molecule has 2 aromatic carbocycles. The van der Waals surface area contributed by atoms with Crippen LogP contribution in [0, 0.1) is 0 Å². The van der Waals surface area contributed by atoms with E-state index in [-0.39, 0.29) is 18.9 Å². The van der Waals surface area contributed by atoms with Crippen molar-refractivity contribution in [3.8, 4) is 5.75 Å². The number of esters is 1. The van der Waals surface area contributed by atoms with E-state index >= 15 is 0 Å². The monoisotopic (exact) mass is 409 g/mol. The summed E-state index contributed by atoms with van der Waals surface area (Å²) in [5.74, 6) is -0.323. The van der Waals surface area contributed by atoms with Crippen molar-refractivity contribution in [2.75, 3.05) is 14.2 Å². The maximum Gasteiger partial charge on any atom is 0.416 e. The Morgan fingerprint density at radius 3 is 2.24 bits per heavy atom. The Kier molecular flexibility index (Phi) is 7.64. The van der Waals surface area contributed by atoms with Crippen LogP contribution < -0.4 is 10.1 Å². The standard InChI is InChI=1S/C21H22F3NO4/c1-28-18-11-8-14(4-3-5-19(26)29-2)12-17(18)20(27)25-13-15-6-9-16(10-7-15)21(22,23)24/h6-12H,3-5,13H2,1-2H3,(H,25,27). The summed E-state index contributed by atoms with van der Waals surface area (Å²) in [5, 5.41) is 2.68. The molecule has 0 bridgehead atoms. The molecule has 0 radical (unpaired) electrons. The Hall–Kier alpha value is -3.03. The van der Waals surface area contributed by atoms with E-state index < -0.39 is 17.6 Å². The lowest BCUT2D eigenvalue weighted by Gasteiger charge is -2.12. The van der Waals surface area contributed by atoms with Gasteiger partial charge in [-0.2, -0.15) is 13.2 Å². The zero-order valence-electron chi connectivity index (χ0n) is 16.1. The molecule has 156 valence electrons. The Bertz CT molecular complexity index is 848. The fourth-order valence-electron chi connectivity index (χ4n) is 2.72. The molecule has 0 heterocycles. The number of nitrogens with one attached hydrogen (secondary N) is 1. The first-order valence-electron chi connectivity index (χ1n) is 8.92. The first-order valence-corrected chi connectivity index (χ1v) is 8.92. The summed E-state index contributed by atoms with van der Waals surface area (Å²) in [4.78, 5) is 23.8. The van der Waals surface area contributed by atoms with Crippen molar-refractivity contribution in [2.45, 2.75) is 32.0 Å². The minimum absolute atomic E-state index is 0.0761. The van der Waals surface area contributed by atoms with E-state index in [4.69, 9.17) is 4.74 Å². The summed E-state index contributed by atoms with van der Waals surface area (Å²) in [6.45, 7) is 0.0761. The molecule has 2 aromatic rings. The molecule has 0 saturated carbocycles. The molecule has 29 heavy (non-hydrogen) atoms. The normalized spacial score (nSPS) is 11.1. The third-order valence-corrected chi connectivity index (χ3v) is 4.32. The number of ether oxygens (including phenoxy) is 2. The van der Waals surface area contributed by atoms with Crippen LogP contribution in [0.5, 0.6) is 5.75 Å². The van der Waals surface area contributed by atoms with Crippen LogP contribution in [0.15, 0.2) is 42.5 Å². The van der Waals surface area contributed by atoms with E-state index in [2.05, 4.69) is 10.1 Å². The number of hydrogen-bond donors (Lipinski definition) is 1. The highest BCUT2D eigenvalue weighted by Gasteiger charge is 2.29. The molecular weight excluding hydrogens is 387 g/mol. The summed E-state index contributed by atoms with van der Waals surface area (Å²) in [5.41, 5.74) is 0.970. The number of rotatable bonds is 8. The summed E-state index contributed by atoms with van der Waals surface area (Å²) in [7, 11) is 2.77. The second-order valence-electron chi connectivity index (χ2n) is 6.34. The van der Waals surface area contributed by atoms with Gasteiger partial charge >= 0.3 is 12.1 Å². The molecule has 2 rings (SSSR count). The van der Waals surface area contributed by atoms with E-state index in [0.717, 1.165) is 17.7 Å². The largest absolute Gasteiger partial charge is 0.496 e. The third-order valence-electron chi connectivity index (χ3n) is 4.32. The Labute approximate surface area is 166 Å². The van der Waals surface area contributed by atoms with Gasteiger partial charge < -0.3 is 14.8 Å². The maximum absolute atomic E-state index is 12.6. The molecule has 5 nitrogen and oxygen atoms in total. The van der Waals surface area contributed by atoms with Crippen molar-refractivity contribution >= 4 is 11.9 Å². The first kappa shape index (κ1) is 22.3. The number of hydrogen-bond acceptors (Lipinski definition) is 4. The Morgan fingerprint density at radius 2 is 1.66 bits per heavy atom. The number of carbonyl (C=O) groups excluding carboxylic acids is 2. The van der Waals surface area contributed by atoms with E-state index in [1.165, 1.54) is 26.4 Å². The molecule has 1 amide bonds. The molecule has 0 fully saturated rings. The minimum Gasteiger partial charge on any atom is -0.496 e. The molecule has 0 atom stereocenters. The average Bonchev–Trinajstić information content (AvgIpc) is 2.71. The van der Waals surface area contributed by atoms with Gasteiger partial charge in [-0.05, 0) is 48.2 Å². The number of methoxy groups -OCH3 is 2. The van der Waals surface area contributed by atoms with Crippen molar-refractivity contribution in [2.24, 2.45) is 0 Å². The summed E-state index contributed by atoms with van der Waals surface area (Å²) in [6, 6.07) is 9.75. The molecule has 1 N–H and O–H groups in total. The van der Waals surface area contributed by atoms with Crippen molar-refractivity contribution in [1.82, 2.24) is 5.32 Å². The van der Waals surface area contributed by atoms with Crippen LogP contribution >= 0.6 is 0 Å². The molecule has 0 aliphatic rings. The second kappa shape index (κ2) is 9.95. The van der Waals surface area contributed by atoms with Gasteiger partial charge in [-0.1, -0.05) is 18.2 Å². The van der Waals surface area contributed by atoms with Gasteiger partial charge in [-0.25, -0.2) is 0 Å². The third kappa shape index (κ3) is 6.51. The van der Waals surface area contributed by atoms with Crippen LogP contribution in [0.1, 0.15) is 39.9 Å². The van der Waals surface area contributed by atoms with Crippen LogP contribution in [-0.4, -0.2) is 26.1 Å². The maximum atomic E-state index is 12.6. The van der Waals surface area contributed by atoms with Crippen LogP contribution in [-0.2, 0) is 28.7 Å². The predicted octanol–water partition coefficient (Wildman–Crippen LogP) is 4.14. The van der Waals surface area contributed by atoms with Crippen molar-refractivity contribution in [3.05, 3.63) is 64.7 Å². The molecule has 0 saturated heterocycles. The molecule has 0 unspecified atom stereocenters. The smallest absolute Gasteiger partial charge is 0.416 e. The highest BCUT2D eigenvalue weighted by Crippen LogP contribution is 2.29. The van der Waals surface area contributed by atoms with E-state index in [9.17, 15) is 22.8 Å². The summed E-state index contributed by atoms with van der Waals surface area (Å²) >= 11 is 0. The number of benzene rings is 2. The van der Waals surface area contributed by atoms with Gasteiger partial charge in [0.1, 0.15) is 5.75 Å². The Morgan fingerprint density at radius 1 is 1.00 bits per heavy atom. The number of halogens is 3. The zero-order valence-corrected chi connectivity index (χ0v) is 16.1. The highest BCUT2D eigenvalue weighted by atomic mass is 19.4. The minimum atomic E-state index is -4.40. The van der Waals surface area contributed by atoms with Gasteiger partial charge in [0.05, 0.1) is 25.3 Å². The van der Waals surface area contributed by atoms with Crippen LogP contribution in [0.2, 0.25) is 0 Å². The summed E-state index contributed by atoms with van der Waals surface area (Å²) < 4.78 is 47.7. The van der Waals surface area contributed by atoms with Crippen LogP contribution in [0.4, 0.5) is 13.2 Å². The highest BCUT2D eigenvalue weighted by molar-refractivity contribution is 5.97. The number of carbonyl (C=O) groups is 2. The van der Waals surface area contributed by atoms with E-state index in [1.54, 1.807) is 12.1 Å². The topological polar surface area (TPSA) is 64.6 Å². The lowest BCUT2D eigenvalue weighted by Crippen LogP contribution is -2.23. The first-order chi connectivity index (χ1) is 13.7. The van der Waals surface area contributed by atoms with Gasteiger partial charge in [-0.3, -0.25) is 9.59 Å². The number of alkyl halides is 3. The SMILES string of the molecule is COC(=O)CCCc1ccc(OC)c(C(=O)NCc2ccc(C(F)(F)F)cc2)c1. The summed E-state index contributed by atoms with van der Waals surface area (Å²) in [6.07, 6.45) is -2.97. The molecule has 0 spiro atoms.